The molecule has 0 saturated carbocycles. The molecule has 0 aliphatic heterocycles. The van der Waals surface area contributed by atoms with Crippen molar-refractivity contribution in [3.05, 3.63) is 33.9 Å². The molecule has 1 atom stereocenters. The Kier molecular flexibility index (Phi) is 4.97. The van der Waals surface area contributed by atoms with Crippen LogP contribution in [0.15, 0.2) is 17.1 Å². The molecule has 0 saturated heterocycles. The number of aromatic amines is 1. The topological polar surface area (TPSA) is 99.5 Å². The lowest BCUT2D eigenvalue weighted by molar-refractivity contribution is -0.121. The van der Waals surface area contributed by atoms with Gasteiger partial charge in [0, 0.05) is 30.1 Å². The maximum atomic E-state index is 12.3. The van der Waals surface area contributed by atoms with Crippen LogP contribution in [0, 0.1) is 12.8 Å². The predicted octanol–water partition coefficient (Wildman–Crippen LogP) is 0.397. The van der Waals surface area contributed by atoms with Crippen LogP contribution in [-0.2, 0) is 11.2 Å². The van der Waals surface area contributed by atoms with E-state index in [0.29, 0.717) is 29.2 Å². The third-order valence-electron chi connectivity index (χ3n) is 3.46. The minimum atomic E-state index is -0.574. The van der Waals surface area contributed by atoms with Crippen molar-refractivity contribution < 1.29 is 9.90 Å². The molecule has 0 aromatic carbocycles. The van der Waals surface area contributed by atoms with Gasteiger partial charge in [0.2, 0.25) is 5.91 Å². The Bertz CT molecular complexity index is 717. The second-order valence-corrected chi connectivity index (χ2v) is 5.90. The largest absolute Gasteiger partial charge is 0.391 e. The molecule has 0 spiro atoms. The molecule has 2 rings (SSSR count). The van der Waals surface area contributed by atoms with Gasteiger partial charge in [-0.1, -0.05) is 13.8 Å². The van der Waals surface area contributed by atoms with Gasteiger partial charge in [0.25, 0.3) is 5.56 Å². The molecule has 0 bridgehead atoms. The summed E-state index contributed by atoms with van der Waals surface area (Å²) >= 11 is 0. The Hall–Kier alpha value is -2.15. The Balaban J connectivity index is 2.04. The van der Waals surface area contributed by atoms with Gasteiger partial charge in [0.15, 0.2) is 5.65 Å². The number of aromatic nitrogens is 3. The summed E-state index contributed by atoms with van der Waals surface area (Å²) < 4.78 is 1.31. The van der Waals surface area contributed by atoms with Crippen LogP contribution in [0.5, 0.6) is 0 Å². The molecule has 1 amide bonds. The van der Waals surface area contributed by atoms with Crippen LogP contribution >= 0.6 is 0 Å². The number of rotatable bonds is 6. The van der Waals surface area contributed by atoms with Crippen LogP contribution in [-0.4, -0.2) is 38.3 Å². The smallest absolute Gasteiger partial charge is 0.276 e. The lowest BCUT2D eigenvalue weighted by Gasteiger charge is -2.14. The molecule has 1 unspecified atom stereocenters. The lowest BCUT2D eigenvalue weighted by Crippen LogP contribution is -2.35. The van der Waals surface area contributed by atoms with E-state index < -0.39 is 6.10 Å². The SMILES string of the molecule is Cc1nc2cc[nH]n2c(=O)c1CC(=O)NCC(O)CC(C)C. The minimum Gasteiger partial charge on any atom is -0.391 e. The minimum absolute atomic E-state index is 0.0476. The summed E-state index contributed by atoms with van der Waals surface area (Å²) in [6.07, 6.45) is 1.62. The van der Waals surface area contributed by atoms with Crippen molar-refractivity contribution in [2.75, 3.05) is 6.54 Å². The monoisotopic (exact) mass is 306 g/mol. The second kappa shape index (κ2) is 6.74. The molecule has 0 aliphatic carbocycles. The number of H-pyrrole nitrogens is 1. The molecule has 7 heteroatoms. The molecule has 0 fully saturated rings. The van der Waals surface area contributed by atoms with Crippen molar-refractivity contribution in [3.63, 3.8) is 0 Å². The fourth-order valence-corrected chi connectivity index (χ4v) is 2.39. The number of amides is 1. The van der Waals surface area contributed by atoms with Gasteiger partial charge in [-0.25, -0.2) is 9.50 Å². The number of nitrogens with zero attached hydrogens (tertiary/aromatic N) is 2. The van der Waals surface area contributed by atoms with E-state index in [-0.39, 0.29) is 24.4 Å². The maximum Gasteiger partial charge on any atom is 0.276 e. The summed E-state index contributed by atoms with van der Waals surface area (Å²) in [5.41, 5.74) is 1.16. The van der Waals surface area contributed by atoms with Crippen LogP contribution in [0.1, 0.15) is 31.5 Å². The van der Waals surface area contributed by atoms with Crippen LogP contribution < -0.4 is 10.9 Å². The van der Waals surface area contributed by atoms with Gasteiger partial charge in [-0.05, 0) is 19.3 Å². The molecule has 0 aliphatic rings. The predicted molar refractivity (Wildman–Crippen MR) is 82.7 cm³/mol. The molecule has 2 aromatic rings. The van der Waals surface area contributed by atoms with Gasteiger partial charge in [-0.3, -0.25) is 14.7 Å². The first-order valence-electron chi connectivity index (χ1n) is 7.39. The Morgan fingerprint density at radius 2 is 2.23 bits per heavy atom. The Morgan fingerprint density at radius 1 is 1.50 bits per heavy atom. The van der Waals surface area contributed by atoms with E-state index in [1.54, 1.807) is 19.2 Å². The number of carbonyl (C=O) groups excluding carboxylic acids is 1. The summed E-state index contributed by atoms with van der Waals surface area (Å²) in [6.45, 7) is 5.92. The molecular formula is C15H22N4O3. The number of carbonyl (C=O) groups is 1. The first-order valence-corrected chi connectivity index (χ1v) is 7.39. The van der Waals surface area contributed by atoms with Gasteiger partial charge < -0.3 is 10.4 Å². The molecular weight excluding hydrogens is 284 g/mol. The highest BCUT2D eigenvalue weighted by Gasteiger charge is 2.15. The summed E-state index contributed by atoms with van der Waals surface area (Å²) in [5, 5.41) is 15.2. The standard InChI is InChI=1S/C15H22N4O3/c1-9(2)6-11(20)8-16-14(21)7-12-10(3)18-13-4-5-17-19(13)15(12)22/h4-5,9,11,17,20H,6-8H2,1-3H3,(H,16,21). The highest BCUT2D eigenvalue weighted by atomic mass is 16.3. The van der Waals surface area contributed by atoms with Gasteiger partial charge in [0.05, 0.1) is 12.5 Å². The number of hydrogen-bond donors (Lipinski definition) is 3. The van der Waals surface area contributed by atoms with Crippen molar-refractivity contribution in [3.8, 4) is 0 Å². The maximum absolute atomic E-state index is 12.3. The van der Waals surface area contributed by atoms with E-state index >= 15 is 0 Å². The molecule has 3 N–H and O–H groups in total. The first-order chi connectivity index (χ1) is 10.4. The van der Waals surface area contributed by atoms with Crippen molar-refractivity contribution in [2.45, 2.75) is 39.7 Å². The first kappa shape index (κ1) is 16.2. The number of hydrogen-bond acceptors (Lipinski definition) is 4. The number of nitrogens with one attached hydrogen (secondary N) is 2. The van der Waals surface area contributed by atoms with E-state index in [9.17, 15) is 14.7 Å². The van der Waals surface area contributed by atoms with E-state index in [1.165, 1.54) is 4.52 Å². The molecule has 7 nitrogen and oxygen atoms in total. The molecule has 2 aromatic heterocycles. The van der Waals surface area contributed by atoms with Crippen LogP contribution in [0.4, 0.5) is 0 Å². The zero-order valence-corrected chi connectivity index (χ0v) is 13.1. The number of fused-ring (bicyclic) bond motifs is 1. The second-order valence-electron chi connectivity index (χ2n) is 5.90. The fourth-order valence-electron chi connectivity index (χ4n) is 2.39. The summed E-state index contributed by atoms with van der Waals surface area (Å²) in [4.78, 5) is 28.6. The third kappa shape index (κ3) is 3.73. The van der Waals surface area contributed by atoms with Crippen molar-refractivity contribution >= 4 is 11.6 Å². The zero-order valence-electron chi connectivity index (χ0n) is 13.1. The van der Waals surface area contributed by atoms with Gasteiger partial charge in [0.1, 0.15) is 0 Å². The van der Waals surface area contributed by atoms with Crippen LogP contribution in [0.25, 0.3) is 5.65 Å². The molecule has 120 valence electrons. The third-order valence-corrected chi connectivity index (χ3v) is 3.46. The zero-order chi connectivity index (χ0) is 16.3. The highest BCUT2D eigenvalue weighted by Crippen LogP contribution is 2.05. The highest BCUT2D eigenvalue weighted by molar-refractivity contribution is 5.78. The lowest BCUT2D eigenvalue weighted by atomic mass is 10.1. The van der Waals surface area contributed by atoms with Crippen molar-refractivity contribution in [1.29, 1.82) is 0 Å². The van der Waals surface area contributed by atoms with E-state index in [0.717, 1.165) is 0 Å². The van der Waals surface area contributed by atoms with Crippen molar-refractivity contribution in [2.24, 2.45) is 5.92 Å². The van der Waals surface area contributed by atoms with Crippen LogP contribution in [0.2, 0.25) is 0 Å². The van der Waals surface area contributed by atoms with E-state index in [2.05, 4.69) is 15.4 Å². The quantitative estimate of drug-likeness (QED) is 0.719. The summed E-state index contributed by atoms with van der Waals surface area (Å²) in [6, 6.07) is 1.69. The van der Waals surface area contributed by atoms with Gasteiger partial charge in [-0.15, -0.1) is 0 Å². The average Bonchev–Trinajstić information content (AvgIpc) is 2.88. The fraction of sp³-hybridized carbons (Fsp3) is 0.533. The van der Waals surface area contributed by atoms with Gasteiger partial charge >= 0.3 is 0 Å². The van der Waals surface area contributed by atoms with Crippen molar-refractivity contribution in [1.82, 2.24) is 19.9 Å². The Labute approximate surface area is 128 Å². The van der Waals surface area contributed by atoms with E-state index in [4.69, 9.17) is 0 Å². The molecule has 22 heavy (non-hydrogen) atoms. The average molecular weight is 306 g/mol. The number of aryl methyl sites for hydroxylation is 1. The molecule has 0 radical (unpaired) electrons. The van der Waals surface area contributed by atoms with E-state index in [1.807, 2.05) is 13.8 Å². The Morgan fingerprint density at radius 3 is 2.91 bits per heavy atom. The summed E-state index contributed by atoms with van der Waals surface area (Å²) in [7, 11) is 0. The summed E-state index contributed by atoms with van der Waals surface area (Å²) in [5.74, 6) is 0.0644. The number of aliphatic hydroxyl groups excluding tert-OH is 1. The van der Waals surface area contributed by atoms with Gasteiger partial charge in [-0.2, -0.15) is 0 Å². The number of aliphatic hydroxyl groups is 1. The van der Waals surface area contributed by atoms with Crippen LogP contribution in [0.3, 0.4) is 0 Å². The normalized spacial score (nSPS) is 12.8. The molecule has 2 heterocycles.